The zero-order valence-corrected chi connectivity index (χ0v) is 16.7. The molecule has 1 amide bonds. The fourth-order valence-corrected chi connectivity index (χ4v) is 5.84. The molecule has 1 fully saturated rings. The van der Waals surface area contributed by atoms with Gasteiger partial charge in [-0.1, -0.05) is 30.0 Å². The first-order valence-corrected chi connectivity index (χ1v) is 11.2. The van der Waals surface area contributed by atoms with Crippen molar-refractivity contribution in [1.29, 1.82) is 0 Å². The van der Waals surface area contributed by atoms with Gasteiger partial charge in [0.25, 0.3) is 0 Å². The lowest BCUT2D eigenvalue weighted by Gasteiger charge is -2.26. The Labute approximate surface area is 164 Å². The van der Waals surface area contributed by atoms with Crippen LogP contribution in [0.1, 0.15) is 19.2 Å². The van der Waals surface area contributed by atoms with Crippen LogP contribution in [0.2, 0.25) is 0 Å². The molecule has 1 aromatic carbocycles. The van der Waals surface area contributed by atoms with Crippen LogP contribution >= 0.6 is 11.8 Å². The van der Waals surface area contributed by atoms with Crippen molar-refractivity contribution in [2.45, 2.75) is 35.8 Å². The van der Waals surface area contributed by atoms with Crippen molar-refractivity contribution in [1.82, 2.24) is 14.9 Å². The fourth-order valence-electron chi connectivity index (χ4n) is 3.03. The van der Waals surface area contributed by atoms with Gasteiger partial charge in [-0.2, -0.15) is 13.2 Å². The number of hydrogen-bond acceptors (Lipinski definition) is 6. The molecule has 3 rings (SSSR count). The van der Waals surface area contributed by atoms with E-state index in [4.69, 9.17) is 0 Å². The van der Waals surface area contributed by atoms with Gasteiger partial charge in [-0.3, -0.25) is 4.79 Å². The summed E-state index contributed by atoms with van der Waals surface area (Å²) in [4.78, 5) is 21.3. The van der Waals surface area contributed by atoms with E-state index in [1.54, 1.807) is 25.1 Å². The summed E-state index contributed by atoms with van der Waals surface area (Å²) < 4.78 is 62.7. The molecule has 28 heavy (non-hydrogen) atoms. The van der Waals surface area contributed by atoms with Gasteiger partial charge in [0.05, 0.1) is 22.3 Å². The molecule has 0 bridgehead atoms. The summed E-state index contributed by atoms with van der Waals surface area (Å²) in [6.07, 6.45) is -4.35. The number of halogens is 3. The highest BCUT2D eigenvalue weighted by molar-refractivity contribution is 8.00. The molecule has 1 aromatic heterocycles. The average Bonchev–Trinajstić information content (AvgIpc) is 2.99. The minimum Gasteiger partial charge on any atom is -0.341 e. The van der Waals surface area contributed by atoms with Crippen LogP contribution in [0.3, 0.4) is 0 Å². The smallest absolute Gasteiger partial charge is 0.341 e. The van der Waals surface area contributed by atoms with Gasteiger partial charge in [0.2, 0.25) is 11.7 Å². The fraction of sp³-hybridized carbons (Fsp3) is 0.471. The van der Waals surface area contributed by atoms with Crippen molar-refractivity contribution < 1.29 is 26.4 Å². The van der Waals surface area contributed by atoms with E-state index in [1.807, 2.05) is 0 Å². The Hall–Kier alpha value is -1.88. The number of nitrogens with zero attached hydrogens (tertiary/aromatic N) is 3. The summed E-state index contributed by atoms with van der Waals surface area (Å²) in [5, 5.41) is -0.259. The summed E-state index contributed by atoms with van der Waals surface area (Å²) in [5.74, 6) is -1.68. The van der Waals surface area contributed by atoms with Crippen LogP contribution in [0.15, 0.2) is 29.3 Å². The molecule has 0 spiro atoms. The molecular formula is C17H18F3N3O3S2. The maximum Gasteiger partial charge on any atom is 0.451 e. The third kappa shape index (κ3) is 4.40. The number of hydrogen-bond donors (Lipinski definition) is 0. The van der Waals surface area contributed by atoms with Gasteiger partial charge < -0.3 is 4.90 Å². The number of carbonyl (C=O) groups is 1. The van der Waals surface area contributed by atoms with Crippen molar-refractivity contribution in [3.8, 4) is 0 Å². The topological polar surface area (TPSA) is 80.2 Å². The maximum atomic E-state index is 13.1. The zero-order chi connectivity index (χ0) is 20.7. The number of amides is 1. The third-order valence-corrected chi connectivity index (χ3v) is 7.40. The Kier molecular flexibility index (Phi) is 5.59. The van der Waals surface area contributed by atoms with E-state index in [9.17, 15) is 26.4 Å². The number of thioether (sulfide) groups is 1. The van der Waals surface area contributed by atoms with E-state index in [1.165, 1.54) is 18.0 Å². The largest absolute Gasteiger partial charge is 0.451 e. The summed E-state index contributed by atoms with van der Waals surface area (Å²) >= 11 is 0.907. The van der Waals surface area contributed by atoms with Gasteiger partial charge in [-0.05, 0) is 19.4 Å². The van der Waals surface area contributed by atoms with E-state index in [2.05, 4.69) is 9.97 Å². The SMILES string of the molecule is CC(Sc1nc(C(F)(F)F)nc2ccccc12)C(=O)N(C)C1CCS(=O)(=O)C1. The van der Waals surface area contributed by atoms with Crippen LogP contribution in [0, 0.1) is 0 Å². The van der Waals surface area contributed by atoms with Gasteiger partial charge in [-0.15, -0.1) is 0 Å². The number of benzene rings is 1. The number of para-hydroxylation sites is 1. The van der Waals surface area contributed by atoms with E-state index in [0.717, 1.165) is 11.8 Å². The first kappa shape index (κ1) is 20.8. The minimum absolute atomic E-state index is 0.0301. The first-order chi connectivity index (χ1) is 13.0. The second-order valence-corrected chi connectivity index (χ2v) is 10.2. The Bertz CT molecular complexity index is 1010. The predicted molar refractivity (Wildman–Crippen MR) is 99.7 cm³/mol. The molecule has 6 nitrogen and oxygen atoms in total. The van der Waals surface area contributed by atoms with Gasteiger partial charge in [0, 0.05) is 18.5 Å². The molecule has 0 saturated carbocycles. The van der Waals surface area contributed by atoms with Gasteiger partial charge in [0.15, 0.2) is 9.84 Å². The van der Waals surface area contributed by atoms with Crippen LogP contribution in [-0.2, 0) is 20.8 Å². The molecule has 0 N–H and O–H groups in total. The molecule has 152 valence electrons. The Morgan fingerprint density at radius 1 is 1.29 bits per heavy atom. The Morgan fingerprint density at radius 2 is 1.96 bits per heavy atom. The van der Waals surface area contributed by atoms with Crippen LogP contribution in [0.4, 0.5) is 13.2 Å². The Balaban J connectivity index is 1.86. The number of aromatic nitrogens is 2. The van der Waals surface area contributed by atoms with Gasteiger partial charge in [-0.25, -0.2) is 18.4 Å². The number of fused-ring (bicyclic) bond motifs is 1. The highest BCUT2D eigenvalue weighted by Crippen LogP contribution is 2.34. The third-order valence-electron chi connectivity index (χ3n) is 4.56. The lowest BCUT2D eigenvalue weighted by Crippen LogP contribution is -2.41. The number of rotatable bonds is 4. The molecular weight excluding hydrogens is 415 g/mol. The number of sulfone groups is 1. The van der Waals surface area contributed by atoms with Crippen molar-refractivity contribution >= 4 is 38.4 Å². The summed E-state index contributed by atoms with van der Waals surface area (Å²) in [6, 6.07) is 5.87. The molecule has 1 saturated heterocycles. The van der Waals surface area contributed by atoms with E-state index in [0.29, 0.717) is 11.8 Å². The van der Waals surface area contributed by atoms with Crippen LogP contribution < -0.4 is 0 Å². The maximum absolute atomic E-state index is 13.1. The van der Waals surface area contributed by atoms with Crippen molar-refractivity contribution in [2.24, 2.45) is 0 Å². The number of alkyl halides is 3. The molecule has 2 heterocycles. The van der Waals surface area contributed by atoms with E-state index in [-0.39, 0.29) is 28.0 Å². The molecule has 1 aliphatic rings. The Morgan fingerprint density at radius 3 is 2.57 bits per heavy atom. The second kappa shape index (κ2) is 7.51. The molecule has 0 aliphatic carbocycles. The van der Waals surface area contributed by atoms with Gasteiger partial charge >= 0.3 is 6.18 Å². The lowest BCUT2D eigenvalue weighted by molar-refractivity contribution is -0.145. The summed E-state index contributed by atoms with van der Waals surface area (Å²) in [6.45, 7) is 1.57. The monoisotopic (exact) mass is 433 g/mol. The normalized spacial score (nSPS) is 20.2. The number of carbonyl (C=O) groups excluding carboxylic acids is 1. The second-order valence-electron chi connectivity index (χ2n) is 6.63. The minimum atomic E-state index is -4.71. The average molecular weight is 433 g/mol. The molecule has 11 heteroatoms. The van der Waals surface area contributed by atoms with Gasteiger partial charge in [0.1, 0.15) is 5.03 Å². The van der Waals surface area contributed by atoms with Crippen molar-refractivity contribution in [3.05, 3.63) is 30.1 Å². The molecule has 1 aliphatic heterocycles. The highest BCUT2D eigenvalue weighted by atomic mass is 32.2. The van der Waals surface area contributed by atoms with Crippen LogP contribution in [-0.4, -0.2) is 59.0 Å². The quantitative estimate of drug-likeness (QED) is 0.545. The molecule has 2 aromatic rings. The first-order valence-electron chi connectivity index (χ1n) is 8.45. The zero-order valence-electron chi connectivity index (χ0n) is 15.1. The van der Waals surface area contributed by atoms with Crippen LogP contribution in [0.25, 0.3) is 10.9 Å². The predicted octanol–water partition coefficient (Wildman–Crippen LogP) is 2.77. The van der Waals surface area contributed by atoms with Crippen molar-refractivity contribution in [3.63, 3.8) is 0 Å². The summed E-state index contributed by atoms with van der Waals surface area (Å²) in [5.41, 5.74) is 0.141. The molecule has 0 radical (unpaired) electrons. The standard InChI is InChI=1S/C17H18F3N3O3S2/c1-10(15(24)23(2)11-7-8-28(25,26)9-11)27-14-12-5-3-4-6-13(12)21-16(22-14)17(18,19)20/h3-6,10-11H,7-9H2,1-2H3. The van der Waals surface area contributed by atoms with Crippen LogP contribution in [0.5, 0.6) is 0 Å². The van der Waals surface area contributed by atoms with E-state index < -0.39 is 33.1 Å². The van der Waals surface area contributed by atoms with E-state index >= 15 is 0 Å². The highest BCUT2D eigenvalue weighted by Gasteiger charge is 2.37. The van der Waals surface area contributed by atoms with Crippen molar-refractivity contribution in [2.75, 3.05) is 18.6 Å². The molecule has 2 atom stereocenters. The molecule has 2 unspecified atom stereocenters. The summed E-state index contributed by atoms with van der Waals surface area (Å²) in [7, 11) is -1.64. The lowest BCUT2D eigenvalue weighted by atomic mass is 10.2.